The number of nitriles is 2. The van der Waals surface area contributed by atoms with Gasteiger partial charge in [-0.25, -0.2) is 14.0 Å². The maximum absolute atomic E-state index is 14.4. The molecule has 4 fully saturated rings. The summed E-state index contributed by atoms with van der Waals surface area (Å²) in [5, 5.41) is 21.7. The van der Waals surface area contributed by atoms with Crippen LogP contribution in [0.15, 0.2) is 47.8 Å². The van der Waals surface area contributed by atoms with E-state index < -0.39 is 17.7 Å². The van der Waals surface area contributed by atoms with E-state index in [1.54, 1.807) is 18.3 Å². The van der Waals surface area contributed by atoms with Crippen molar-refractivity contribution in [1.82, 2.24) is 19.6 Å². The number of nitrogens with zero attached hydrogens (tertiary/aromatic N) is 6. The highest BCUT2D eigenvalue weighted by atomic mass is 32.1. The van der Waals surface area contributed by atoms with Crippen molar-refractivity contribution in [2.24, 2.45) is 0 Å². The summed E-state index contributed by atoms with van der Waals surface area (Å²) in [6, 6.07) is 20.1. The summed E-state index contributed by atoms with van der Waals surface area (Å²) >= 11 is 1.71. The van der Waals surface area contributed by atoms with Crippen molar-refractivity contribution in [1.29, 1.82) is 10.5 Å². The molecular formula is C40H55FN6O4S. The fourth-order valence-electron chi connectivity index (χ4n) is 8.50. The largest absolute Gasteiger partial charge is 0.450 e. The van der Waals surface area contributed by atoms with Crippen molar-refractivity contribution in [3.05, 3.63) is 58.3 Å². The molecule has 2 aromatic rings. The Balaban J connectivity index is 0.000000202. The predicted molar refractivity (Wildman–Crippen MR) is 200 cm³/mol. The van der Waals surface area contributed by atoms with Gasteiger partial charge < -0.3 is 19.3 Å². The average Bonchev–Trinajstić information content (AvgIpc) is 3.52. The first-order chi connectivity index (χ1) is 25.3. The van der Waals surface area contributed by atoms with Crippen LogP contribution in [0.2, 0.25) is 0 Å². The molecule has 3 heterocycles. The highest BCUT2D eigenvalue weighted by Crippen LogP contribution is 2.43. The van der Waals surface area contributed by atoms with Crippen LogP contribution in [-0.4, -0.2) is 116 Å². The highest BCUT2D eigenvalue weighted by Gasteiger charge is 2.41. The van der Waals surface area contributed by atoms with E-state index in [0.717, 1.165) is 89.5 Å². The van der Waals surface area contributed by atoms with Crippen molar-refractivity contribution in [2.45, 2.75) is 101 Å². The van der Waals surface area contributed by atoms with Gasteiger partial charge in [-0.15, -0.1) is 11.3 Å². The van der Waals surface area contributed by atoms with E-state index in [1.807, 2.05) is 48.2 Å². The zero-order valence-corrected chi connectivity index (χ0v) is 31.7. The monoisotopic (exact) mass is 734 g/mol. The molecule has 0 N–H and O–H groups in total. The van der Waals surface area contributed by atoms with Gasteiger partial charge in [-0.1, -0.05) is 36.4 Å². The number of carbonyl (C=O) groups excluding carboxylic acids is 2. The fraction of sp³-hybridized carbons (Fsp3) is 0.650. The molecule has 2 aliphatic heterocycles. The SMILES string of the molecule is CCOC(=O)N1CCCN(C2CCC(C#N)(c3cccs3)CC2)CC1.CCOC(=O)N1CCN(C2CCC(C#N)(c3ccccc3)CC2)CC(F)C1. The molecule has 6 rings (SSSR count). The molecule has 52 heavy (non-hydrogen) atoms. The fourth-order valence-corrected chi connectivity index (χ4v) is 9.44. The molecule has 2 saturated carbocycles. The average molecular weight is 735 g/mol. The Kier molecular flexibility index (Phi) is 14.3. The minimum absolute atomic E-state index is 0.0915. The second-order valence-corrected chi connectivity index (χ2v) is 15.5. The van der Waals surface area contributed by atoms with Crippen LogP contribution in [0.5, 0.6) is 0 Å². The maximum atomic E-state index is 14.4. The Hall–Kier alpha value is -3.71. The van der Waals surface area contributed by atoms with Crippen molar-refractivity contribution in [3.8, 4) is 12.1 Å². The molecule has 12 heteroatoms. The van der Waals surface area contributed by atoms with E-state index in [0.29, 0.717) is 38.9 Å². The summed E-state index contributed by atoms with van der Waals surface area (Å²) < 4.78 is 24.6. The lowest BCUT2D eigenvalue weighted by Gasteiger charge is -2.40. The zero-order valence-electron chi connectivity index (χ0n) is 30.9. The Morgan fingerprint density at radius 3 is 1.92 bits per heavy atom. The summed E-state index contributed by atoms with van der Waals surface area (Å²) in [4.78, 5) is 33.1. The van der Waals surface area contributed by atoms with Crippen LogP contribution in [0.1, 0.15) is 82.1 Å². The molecule has 1 atom stereocenters. The summed E-state index contributed by atoms with van der Waals surface area (Å²) in [5.74, 6) is 0. The standard InChI is InChI=1S/C21H28FN3O2.C19H27N3O2S/c1-2-27-20(26)25-13-12-24(14-18(22)15-25)19-8-10-21(16-23,11-9-19)17-6-4-3-5-7-17;1-2-24-18(23)22-11-4-10-21(12-13-22)16-6-8-19(15-20,9-7-16)17-5-3-14-25-17/h3-7,18-19H,2,8-15H2,1H3;3,5,14,16H,2,4,6-13H2,1H3. The normalized spacial score (nSPS) is 28.9. The molecule has 0 spiro atoms. The van der Waals surface area contributed by atoms with Crippen LogP contribution in [-0.2, 0) is 20.3 Å². The first kappa shape index (κ1) is 39.5. The predicted octanol–water partition coefficient (Wildman–Crippen LogP) is 7.12. The summed E-state index contributed by atoms with van der Waals surface area (Å²) in [5.41, 5.74) is 0.363. The van der Waals surface area contributed by atoms with E-state index in [1.165, 1.54) is 9.78 Å². The number of thiophene rings is 1. The molecule has 0 radical (unpaired) electrons. The molecule has 2 saturated heterocycles. The van der Waals surface area contributed by atoms with Crippen molar-refractivity contribution in [3.63, 3.8) is 0 Å². The maximum Gasteiger partial charge on any atom is 0.409 e. The lowest BCUT2D eigenvalue weighted by molar-refractivity contribution is 0.101. The van der Waals surface area contributed by atoms with E-state index in [-0.39, 0.29) is 24.1 Å². The van der Waals surface area contributed by atoms with Gasteiger partial charge in [-0.05, 0) is 88.6 Å². The van der Waals surface area contributed by atoms with Crippen LogP contribution in [0.3, 0.4) is 0 Å². The van der Waals surface area contributed by atoms with E-state index >= 15 is 0 Å². The van der Waals surface area contributed by atoms with E-state index in [2.05, 4.69) is 33.4 Å². The zero-order chi connectivity index (χ0) is 37.0. The summed E-state index contributed by atoms with van der Waals surface area (Å²) in [6.07, 6.45) is 6.60. The molecule has 1 aromatic heterocycles. The molecule has 1 unspecified atom stereocenters. The summed E-state index contributed by atoms with van der Waals surface area (Å²) in [6.45, 7) is 9.34. The van der Waals surface area contributed by atoms with Crippen LogP contribution < -0.4 is 0 Å². The molecule has 10 nitrogen and oxygen atoms in total. The smallest absolute Gasteiger partial charge is 0.409 e. The molecule has 2 amide bonds. The van der Waals surface area contributed by atoms with Gasteiger partial charge in [-0.2, -0.15) is 10.5 Å². The van der Waals surface area contributed by atoms with Crippen molar-refractivity contribution < 1.29 is 23.5 Å². The lowest BCUT2D eigenvalue weighted by atomic mass is 9.69. The minimum atomic E-state index is -1.08. The number of carbonyl (C=O) groups is 2. The Bertz CT molecular complexity index is 1500. The third-order valence-electron chi connectivity index (χ3n) is 11.5. The number of ether oxygens (including phenoxy) is 2. The molecule has 1 aromatic carbocycles. The molecule has 0 bridgehead atoms. The number of halogens is 1. The van der Waals surface area contributed by atoms with Gasteiger partial charge in [0.1, 0.15) is 6.17 Å². The quantitative estimate of drug-likeness (QED) is 0.309. The van der Waals surface area contributed by atoms with Crippen molar-refractivity contribution >= 4 is 23.5 Å². The molecule has 4 aliphatic rings. The molecule has 282 valence electrons. The Morgan fingerprint density at radius 1 is 0.750 bits per heavy atom. The summed E-state index contributed by atoms with van der Waals surface area (Å²) in [7, 11) is 0. The van der Waals surface area contributed by atoms with Crippen LogP contribution in [0, 0.1) is 22.7 Å². The first-order valence-corrected chi connectivity index (χ1v) is 20.0. The van der Waals surface area contributed by atoms with E-state index in [9.17, 15) is 24.5 Å². The number of amides is 2. The third-order valence-corrected chi connectivity index (χ3v) is 12.6. The van der Waals surface area contributed by atoms with Crippen LogP contribution in [0.25, 0.3) is 0 Å². The highest BCUT2D eigenvalue weighted by molar-refractivity contribution is 7.10. The van der Waals surface area contributed by atoms with Gasteiger partial charge in [0, 0.05) is 62.8 Å². The second-order valence-electron chi connectivity index (χ2n) is 14.5. The van der Waals surface area contributed by atoms with Gasteiger partial charge in [0.15, 0.2) is 0 Å². The van der Waals surface area contributed by atoms with Gasteiger partial charge in [-0.3, -0.25) is 9.80 Å². The first-order valence-electron chi connectivity index (χ1n) is 19.1. The van der Waals surface area contributed by atoms with Gasteiger partial charge >= 0.3 is 12.2 Å². The Labute approximate surface area is 313 Å². The number of hydrogen-bond acceptors (Lipinski definition) is 9. The third kappa shape index (κ3) is 9.63. The molecule has 2 aliphatic carbocycles. The second kappa shape index (κ2) is 18.9. The number of benzene rings is 1. The lowest BCUT2D eigenvalue weighted by Crippen LogP contribution is -2.44. The van der Waals surface area contributed by atoms with Crippen LogP contribution in [0.4, 0.5) is 14.0 Å². The van der Waals surface area contributed by atoms with Crippen LogP contribution >= 0.6 is 11.3 Å². The minimum Gasteiger partial charge on any atom is -0.450 e. The van der Waals surface area contributed by atoms with Gasteiger partial charge in [0.2, 0.25) is 0 Å². The number of alkyl halides is 1. The topological polar surface area (TPSA) is 113 Å². The van der Waals surface area contributed by atoms with Gasteiger partial charge in [0.05, 0.1) is 42.7 Å². The number of hydrogen-bond donors (Lipinski definition) is 0. The Morgan fingerprint density at radius 2 is 1.33 bits per heavy atom. The van der Waals surface area contributed by atoms with Gasteiger partial charge in [0.25, 0.3) is 0 Å². The number of rotatable bonds is 6. The van der Waals surface area contributed by atoms with E-state index in [4.69, 9.17) is 9.47 Å². The van der Waals surface area contributed by atoms with Crippen molar-refractivity contribution in [2.75, 3.05) is 65.6 Å². The molecular weight excluding hydrogens is 680 g/mol.